The third-order valence-corrected chi connectivity index (χ3v) is 2.57. The van der Waals surface area contributed by atoms with Crippen LogP contribution in [0.15, 0.2) is 0 Å². The Morgan fingerprint density at radius 1 is 1.08 bits per heavy atom. The molecule has 0 bridgehead atoms. The molecule has 3 nitrogen and oxygen atoms in total. The molecule has 1 saturated heterocycles. The van der Waals surface area contributed by atoms with Gasteiger partial charge in [0.15, 0.2) is 0 Å². The van der Waals surface area contributed by atoms with Gasteiger partial charge < -0.3 is 7.59 Å². The molecule has 0 amide bonds. The summed E-state index contributed by atoms with van der Waals surface area (Å²) in [6.07, 6.45) is 3.80. The van der Waals surface area contributed by atoms with Gasteiger partial charge in [0.25, 0.3) is 0 Å². The maximum atomic E-state index is 11.0. The number of fused-ring (bicyclic) bond motifs is 1. The molecule has 2 atom stereocenters. The molecule has 1 heterocycles. The summed E-state index contributed by atoms with van der Waals surface area (Å²) in [6.45, 7) is 0. The van der Waals surface area contributed by atoms with Gasteiger partial charge in [0.05, 0.1) is 11.8 Å². The normalized spacial score (nSPS) is 33.7. The summed E-state index contributed by atoms with van der Waals surface area (Å²) >= 11 is 0. The molecule has 0 aromatic heterocycles. The van der Waals surface area contributed by atoms with Crippen molar-refractivity contribution in [2.45, 2.75) is 25.7 Å². The minimum atomic E-state index is -0.292. The van der Waals surface area contributed by atoms with E-state index in [1.54, 1.807) is 0 Å². The summed E-state index contributed by atoms with van der Waals surface area (Å²) in [7, 11) is 0. The van der Waals surface area contributed by atoms with Gasteiger partial charge >= 0.3 is 49.7 Å². The number of hydrogen-bond acceptors (Lipinski definition) is 3. The van der Waals surface area contributed by atoms with E-state index < -0.39 is 0 Å². The molecule has 0 N–H and O–H groups in total. The SMILES string of the molecule is O=C1OC(=O)C2CCCCC12.[Ca+2].[H-].[H-]. The van der Waals surface area contributed by atoms with Crippen molar-refractivity contribution < 1.29 is 17.2 Å². The van der Waals surface area contributed by atoms with E-state index in [0.29, 0.717) is 0 Å². The largest absolute Gasteiger partial charge is 2.00 e. The fraction of sp³-hybridized carbons (Fsp3) is 0.750. The van der Waals surface area contributed by atoms with Gasteiger partial charge in [0, 0.05) is 0 Å². The van der Waals surface area contributed by atoms with Gasteiger partial charge in [-0.1, -0.05) is 12.8 Å². The standard InChI is InChI=1S/C8H10O3.Ca.2H/c9-7-5-3-1-2-4-6(5)8(10)11-7;;;/h5-6H,1-4H2;;;/q;+2;2*-1. The van der Waals surface area contributed by atoms with Crippen LogP contribution in [-0.4, -0.2) is 49.7 Å². The molecule has 2 fully saturated rings. The second-order valence-corrected chi connectivity index (χ2v) is 3.24. The molecule has 1 aliphatic carbocycles. The molecule has 1 aliphatic heterocycles. The number of carbonyl (C=O) groups excluding carboxylic acids is 2. The Hall–Kier alpha value is 0.400. The van der Waals surface area contributed by atoms with E-state index in [9.17, 15) is 9.59 Å². The third-order valence-electron chi connectivity index (χ3n) is 2.57. The summed E-state index contributed by atoms with van der Waals surface area (Å²) in [4.78, 5) is 22.0. The topological polar surface area (TPSA) is 43.4 Å². The Labute approximate surface area is 104 Å². The number of ether oxygens (including phenoxy) is 1. The quantitative estimate of drug-likeness (QED) is 0.326. The molecule has 0 aromatic rings. The van der Waals surface area contributed by atoms with E-state index in [-0.39, 0.29) is 64.4 Å². The molecule has 1 saturated carbocycles. The third kappa shape index (κ3) is 1.68. The summed E-state index contributed by atoms with van der Waals surface area (Å²) in [5, 5.41) is 0. The Morgan fingerprint density at radius 3 is 1.92 bits per heavy atom. The first kappa shape index (κ1) is 10.5. The van der Waals surface area contributed by atoms with Crippen LogP contribution >= 0.6 is 0 Å². The Balaban J connectivity index is 0. The Kier molecular flexibility index (Phi) is 3.56. The van der Waals surface area contributed by atoms with Crippen LogP contribution in [-0.2, 0) is 14.3 Å². The van der Waals surface area contributed by atoms with Crippen molar-refractivity contribution in [3.63, 3.8) is 0 Å². The van der Waals surface area contributed by atoms with Crippen LogP contribution < -0.4 is 0 Å². The molecule has 12 heavy (non-hydrogen) atoms. The summed E-state index contributed by atoms with van der Waals surface area (Å²) in [5.74, 6) is -0.785. The van der Waals surface area contributed by atoms with Crippen LogP contribution in [0.5, 0.6) is 0 Å². The van der Waals surface area contributed by atoms with Crippen LogP contribution in [0.1, 0.15) is 28.5 Å². The van der Waals surface area contributed by atoms with E-state index in [0.717, 1.165) is 25.7 Å². The van der Waals surface area contributed by atoms with Crippen molar-refractivity contribution in [2.75, 3.05) is 0 Å². The average Bonchev–Trinajstić information content (AvgIpc) is 2.30. The van der Waals surface area contributed by atoms with E-state index in [2.05, 4.69) is 4.74 Å². The molecule has 2 unspecified atom stereocenters. The van der Waals surface area contributed by atoms with E-state index in [1.807, 2.05) is 0 Å². The fourth-order valence-corrected chi connectivity index (χ4v) is 1.95. The van der Waals surface area contributed by atoms with Crippen molar-refractivity contribution in [1.82, 2.24) is 0 Å². The average molecular weight is 196 g/mol. The van der Waals surface area contributed by atoms with Crippen molar-refractivity contribution in [1.29, 1.82) is 0 Å². The van der Waals surface area contributed by atoms with Crippen molar-refractivity contribution >= 4 is 49.7 Å². The first-order valence-corrected chi connectivity index (χ1v) is 4.04. The zero-order chi connectivity index (χ0) is 7.84. The zero-order valence-electron chi connectivity index (χ0n) is 8.91. The number of cyclic esters (lactones) is 2. The number of hydrogen-bond donors (Lipinski definition) is 0. The molecule has 0 aromatic carbocycles. The van der Waals surface area contributed by atoms with E-state index in [4.69, 9.17) is 0 Å². The van der Waals surface area contributed by atoms with Crippen molar-refractivity contribution in [2.24, 2.45) is 11.8 Å². The van der Waals surface area contributed by atoms with Crippen molar-refractivity contribution in [3.8, 4) is 0 Å². The monoisotopic (exact) mass is 196 g/mol. The summed E-state index contributed by atoms with van der Waals surface area (Å²) < 4.78 is 4.53. The molecule has 4 heteroatoms. The van der Waals surface area contributed by atoms with Gasteiger partial charge in [-0.15, -0.1) is 0 Å². The number of carbonyl (C=O) groups is 2. The Bertz CT molecular complexity index is 201. The fourth-order valence-electron chi connectivity index (χ4n) is 1.95. The van der Waals surface area contributed by atoms with Gasteiger partial charge in [-0.05, 0) is 12.8 Å². The molecule has 2 aliphatic rings. The minimum Gasteiger partial charge on any atom is -1.00 e. The maximum Gasteiger partial charge on any atom is 2.00 e. The molecular formula is C8H12CaO3. The van der Waals surface area contributed by atoms with Crippen LogP contribution in [0.2, 0.25) is 0 Å². The van der Waals surface area contributed by atoms with Gasteiger partial charge in [-0.25, -0.2) is 0 Å². The predicted molar refractivity (Wildman–Crippen MR) is 44.5 cm³/mol. The molecule has 2 rings (SSSR count). The summed E-state index contributed by atoms with van der Waals surface area (Å²) in [6, 6.07) is 0. The number of esters is 2. The summed E-state index contributed by atoms with van der Waals surface area (Å²) in [5.41, 5.74) is 0. The second kappa shape index (κ2) is 4.07. The van der Waals surface area contributed by atoms with Crippen molar-refractivity contribution in [3.05, 3.63) is 0 Å². The molecular weight excluding hydrogens is 184 g/mol. The van der Waals surface area contributed by atoms with Gasteiger partial charge in [-0.2, -0.15) is 0 Å². The smallest absolute Gasteiger partial charge is 1.00 e. The minimum absolute atomic E-state index is 0. The molecule has 0 radical (unpaired) electrons. The van der Waals surface area contributed by atoms with Gasteiger partial charge in [0.1, 0.15) is 0 Å². The van der Waals surface area contributed by atoms with E-state index in [1.165, 1.54) is 0 Å². The molecule has 0 spiro atoms. The van der Waals surface area contributed by atoms with Crippen LogP contribution in [0.4, 0.5) is 0 Å². The van der Waals surface area contributed by atoms with E-state index >= 15 is 0 Å². The van der Waals surface area contributed by atoms with Gasteiger partial charge in [0.2, 0.25) is 0 Å². The van der Waals surface area contributed by atoms with Crippen LogP contribution in [0, 0.1) is 11.8 Å². The van der Waals surface area contributed by atoms with Gasteiger partial charge in [-0.3, -0.25) is 9.59 Å². The van der Waals surface area contributed by atoms with Crippen LogP contribution in [0.25, 0.3) is 0 Å². The Morgan fingerprint density at radius 2 is 1.50 bits per heavy atom. The molecule has 64 valence electrons. The predicted octanol–water partition coefficient (Wildman–Crippen LogP) is 0.720. The maximum absolute atomic E-state index is 11.0. The number of rotatable bonds is 0. The zero-order valence-corrected chi connectivity index (χ0v) is 9.12. The first-order chi connectivity index (χ1) is 5.29. The first-order valence-electron chi connectivity index (χ1n) is 4.04. The van der Waals surface area contributed by atoms with Crippen LogP contribution in [0.3, 0.4) is 0 Å². The second-order valence-electron chi connectivity index (χ2n) is 3.24.